The summed E-state index contributed by atoms with van der Waals surface area (Å²) in [4.78, 5) is 28.0. The molecule has 0 atom stereocenters. The first-order valence-corrected chi connectivity index (χ1v) is 11.4. The minimum atomic E-state index is -0.312. The maximum absolute atomic E-state index is 12.9. The van der Waals surface area contributed by atoms with Crippen molar-refractivity contribution in [2.24, 2.45) is 0 Å². The number of fused-ring (bicyclic) bond motifs is 2. The Morgan fingerprint density at radius 2 is 1.41 bits per heavy atom. The number of amides is 2. The van der Waals surface area contributed by atoms with Crippen molar-refractivity contribution in [3.8, 4) is 0 Å². The molecule has 1 aliphatic rings. The van der Waals surface area contributed by atoms with Crippen LogP contribution in [0.2, 0.25) is 0 Å². The molecule has 1 aliphatic heterocycles. The van der Waals surface area contributed by atoms with Gasteiger partial charge in [0.15, 0.2) is 0 Å². The smallest absolute Gasteiger partial charge is 0.258 e. The maximum Gasteiger partial charge on any atom is 0.258 e. The monoisotopic (exact) mass is 420 g/mol. The fraction of sp³-hybridized carbons (Fsp3) is 0.214. The Bertz CT molecular complexity index is 1560. The molecule has 4 heteroatoms. The third kappa shape index (κ3) is 2.53. The number of nitrogens with zero attached hydrogens (tertiary/aromatic N) is 1. The molecule has 32 heavy (non-hydrogen) atoms. The lowest BCUT2D eigenvalue weighted by atomic mass is 9.82. The van der Waals surface area contributed by atoms with Crippen molar-refractivity contribution >= 4 is 54.9 Å². The summed E-state index contributed by atoms with van der Waals surface area (Å²) in [7, 11) is 0. The molecule has 5 aromatic carbocycles. The second kappa shape index (κ2) is 7.01. The van der Waals surface area contributed by atoms with E-state index in [0.717, 1.165) is 42.2 Å². The van der Waals surface area contributed by atoms with E-state index in [1.165, 1.54) is 32.5 Å². The number of rotatable bonds is 5. The molecule has 2 amide bonds. The summed E-state index contributed by atoms with van der Waals surface area (Å²) in [5, 5.41) is 11.5. The molecule has 0 unspecified atom stereocenters. The molecule has 1 N–H and O–H groups in total. The number of benzene rings is 5. The first-order valence-electron chi connectivity index (χ1n) is 11.4. The molecule has 158 valence electrons. The highest BCUT2D eigenvalue weighted by Crippen LogP contribution is 2.44. The molecule has 0 saturated heterocycles. The summed E-state index contributed by atoms with van der Waals surface area (Å²) < 4.78 is 0. The molecule has 0 aromatic heterocycles. The third-order valence-electron chi connectivity index (χ3n) is 7.14. The van der Waals surface area contributed by atoms with Crippen LogP contribution in [0.3, 0.4) is 0 Å². The molecule has 5 aromatic rings. The van der Waals surface area contributed by atoms with E-state index in [1.807, 2.05) is 12.1 Å². The number of hydrogen-bond donors (Lipinski definition) is 1. The summed E-state index contributed by atoms with van der Waals surface area (Å²) in [5.41, 5.74) is 2.37. The lowest BCUT2D eigenvalue weighted by Crippen LogP contribution is -2.35. The Kier molecular flexibility index (Phi) is 4.21. The minimum absolute atomic E-state index is 0.299. The predicted octanol–water partition coefficient (Wildman–Crippen LogP) is 5.51. The molecule has 4 nitrogen and oxygen atoms in total. The van der Waals surface area contributed by atoms with Crippen LogP contribution in [0.4, 0.5) is 0 Å². The van der Waals surface area contributed by atoms with Crippen molar-refractivity contribution in [1.82, 2.24) is 10.2 Å². The zero-order chi connectivity index (χ0) is 22.0. The molecule has 0 fully saturated rings. The number of hydrogen-bond acceptors (Lipinski definition) is 3. The average molecular weight is 421 g/mol. The Morgan fingerprint density at radius 3 is 2.16 bits per heavy atom. The van der Waals surface area contributed by atoms with Crippen molar-refractivity contribution in [1.29, 1.82) is 0 Å². The zero-order valence-corrected chi connectivity index (χ0v) is 18.3. The minimum Gasteiger partial charge on any atom is -0.304 e. The van der Waals surface area contributed by atoms with Crippen molar-refractivity contribution in [2.75, 3.05) is 19.6 Å². The van der Waals surface area contributed by atoms with Gasteiger partial charge in [0.05, 0.1) is 0 Å². The van der Waals surface area contributed by atoms with Gasteiger partial charge in [0.25, 0.3) is 11.8 Å². The number of imide groups is 1. The van der Waals surface area contributed by atoms with Crippen LogP contribution in [-0.4, -0.2) is 36.3 Å². The van der Waals surface area contributed by atoms with Crippen LogP contribution >= 0.6 is 0 Å². The second-order valence-corrected chi connectivity index (χ2v) is 8.64. The van der Waals surface area contributed by atoms with E-state index >= 15 is 0 Å². The highest BCUT2D eigenvalue weighted by Gasteiger charge is 2.29. The first-order chi connectivity index (χ1) is 15.6. The van der Waals surface area contributed by atoms with E-state index in [-0.39, 0.29) is 11.8 Å². The highest BCUT2D eigenvalue weighted by atomic mass is 16.2. The normalized spacial score (nSPS) is 13.8. The molecule has 1 heterocycles. The average Bonchev–Trinajstić information content (AvgIpc) is 2.82. The van der Waals surface area contributed by atoms with E-state index in [1.54, 1.807) is 0 Å². The van der Waals surface area contributed by atoms with E-state index in [9.17, 15) is 9.59 Å². The largest absolute Gasteiger partial charge is 0.304 e. The molecule has 0 aliphatic carbocycles. The number of likely N-dealkylation sites (N-methyl/N-ethyl adjacent to an activating group) is 1. The van der Waals surface area contributed by atoms with Crippen molar-refractivity contribution in [3.63, 3.8) is 0 Å². The van der Waals surface area contributed by atoms with Gasteiger partial charge in [-0.15, -0.1) is 0 Å². The van der Waals surface area contributed by atoms with Crippen molar-refractivity contribution < 1.29 is 9.59 Å². The van der Waals surface area contributed by atoms with Crippen LogP contribution in [0.1, 0.15) is 40.1 Å². The van der Waals surface area contributed by atoms with Crippen LogP contribution in [0, 0.1) is 0 Å². The first kappa shape index (κ1) is 19.2. The molecular formula is C28H24N2O2. The second-order valence-electron chi connectivity index (χ2n) is 8.64. The standard InChI is InChI=1S/C28H24N2O2/c1-3-30(4-2)14-13-17-15-22-25-21(27(31)29-28(22)32)12-11-19-18-9-5-7-16-8-6-10-20(23(16)18)24(17)26(19)25/h5-12,15H,3-4,13-14H2,1-2H3,(H,29,31,32). The quantitative estimate of drug-likeness (QED) is 0.232. The molecular weight excluding hydrogens is 396 g/mol. The number of nitrogens with one attached hydrogen (secondary N) is 1. The van der Waals surface area contributed by atoms with Crippen LogP contribution in [-0.2, 0) is 6.42 Å². The van der Waals surface area contributed by atoms with Crippen LogP contribution in [0.25, 0.3) is 43.1 Å². The molecule has 6 rings (SSSR count). The lowest BCUT2D eigenvalue weighted by molar-refractivity contribution is 0.0845. The Labute approximate surface area is 186 Å². The van der Waals surface area contributed by atoms with Gasteiger partial charge in [-0.1, -0.05) is 56.3 Å². The van der Waals surface area contributed by atoms with Gasteiger partial charge < -0.3 is 4.90 Å². The van der Waals surface area contributed by atoms with E-state index < -0.39 is 0 Å². The van der Waals surface area contributed by atoms with Crippen LogP contribution < -0.4 is 5.32 Å². The summed E-state index contributed by atoms with van der Waals surface area (Å²) in [6.45, 7) is 7.28. The number of carbonyl (C=O) groups excluding carboxylic acids is 2. The van der Waals surface area contributed by atoms with E-state index in [2.05, 4.69) is 66.5 Å². The fourth-order valence-electron chi connectivity index (χ4n) is 5.55. The Hall–Kier alpha value is -3.50. The summed E-state index contributed by atoms with van der Waals surface area (Å²) in [6, 6.07) is 18.8. The lowest BCUT2D eigenvalue weighted by Gasteiger charge is -2.24. The van der Waals surface area contributed by atoms with Gasteiger partial charge in [0.2, 0.25) is 0 Å². The van der Waals surface area contributed by atoms with Gasteiger partial charge in [0.1, 0.15) is 0 Å². The van der Waals surface area contributed by atoms with Gasteiger partial charge >= 0.3 is 0 Å². The van der Waals surface area contributed by atoms with E-state index in [4.69, 9.17) is 0 Å². The molecule has 0 saturated carbocycles. The van der Waals surface area contributed by atoms with Crippen molar-refractivity contribution in [2.45, 2.75) is 20.3 Å². The van der Waals surface area contributed by atoms with Gasteiger partial charge in [-0.05, 0) is 74.9 Å². The topological polar surface area (TPSA) is 49.4 Å². The molecule has 0 spiro atoms. The summed E-state index contributed by atoms with van der Waals surface area (Å²) in [6.07, 6.45) is 0.851. The Morgan fingerprint density at radius 1 is 0.719 bits per heavy atom. The number of carbonyl (C=O) groups is 2. The molecule has 0 radical (unpaired) electrons. The predicted molar refractivity (Wildman–Crippen MR) is 131 cm³/mol. The SMILES string of the molecule is CCN(CC)CCc1cc2c3c(ccc4c5cccc6cccc(c1c34)c65)C(=O)NC2=O. The van der Waals surface area contributed by atoms with Gasteiger partial charge in [-0.3, -0.25) is 14.9 Å². The fourth-order valence-corrected chi connectivity index (χ4v) is 5.55. The summed E-state index contributed by atoms with van der Waals surface area (Å²) in [5.74, 6) is -0.611. The summed E-state index contributed by atoms with van der Waals surface area (Å²) >= 11 is 0. The van der Waals surface area contributed by atoms with Gasteiger partial charge in [-0.2, -0.15) is 0 Å². The van der Waals surface area contributed by atoms with Gasteiger partial charge in [0, 0.05) is 23.1 Å². The maximum atomic E-state index is 12.9. The van der Waals surface area contributed by atoms with Crippen LogP contribution in [0.15, 0.2) is 54.6 Å². The van der Waals surface area contributed by atoms with E-state index in [0.29, 0.717) is 11.1 Å². The van der Waals surface area contributed by atoms with Crippen molar-refractivity contribution in [3.05, 3.63) is 71.3 Å². The third-order valence-corrected chi connectivity index (χ3v) is 7.14. The zero-order valence-electron chi connectivity index (χ0n) is 18.3. The Balaban J connectivity index is 1.81. The highest BCUT2D eigenvalue weighted by molar-refractivity contribution is 6.38. The van der Waals surface area contributed by atoms with Gasteiger partial charge in [-0.25, -0.2) is 0 Å². The molecule has 0 bridgehead atoms. The van der Waals surface area contributed by atoms with Crippen LogP contribution in [0.5, 0.6) is 0 Å².